The number of rotatable bonds is 6. The van der Waals surface area contributed by atoms with Crippen molar-refractivity contribution in [2.75, 3.05) is 27.3 Å². The maximum Gasteiger partial charge on any atom is 0.255 e. The Morgan fingerprint density at radius 1 is 1.23 bits per heavy atom. The molecule has 6 heteroatoms. The highest BCUT2D eigenvalue weighted by molar-refractivity contribution is 5.93. The van der Waals surface area contributed by atoms with Crippen LogP contribution in [0.4, 0.5) is 4.39 Å². The van der Waals surface area contributed by atoms with E-state index in [1.54, 1.807) is 31.3 Å². The summed E-state index contributed by atoms with van der Waals surface area (Å²) in [5.74, 6) is 0.553. The number of carbonyl (C=O) groups is 1. The van der Waals surface area contributed by atoms with Gasteiger partial charge in [-0.1, -0.05) is 0 Å². The van der Waals surface area contributed by atoms with Gasteiger partial charge in [-0.2, -0.15) is 0 Å². The van der Waals surface area contributed by atoms with Crippen molar-refractivity contribution in [3.05, 3.63) is 54.0 Å². The molecule has 5 nitrogen and oxygen atoms in total. The molecular weight excluding hydrogens is 287 g/mol. The van der Waals surface area contributed by atoms with Gasteiger partial charge in [-0.15, -0.1) is 0 Å². The average molecular weight is 304 g/mol. The van der Waals surface area contributed by atoms with Crippen molar-refractivity contribution in [3.8, 4) is 11.6 Å². The molecule has 0 atom stereocenters. The van der Waals surface area contributed by atoms with E-state index in [4.69, 9.17) is 9.47 Å². The molecule has 0 aliphatic rings. The molecule has 0 aliphatic carbocycles. The molecule has 0 saturated heterocycles. The van der Waals surface area contributed by atoms with Crippen LogP contribution in [-0.2, 0) is 0 Å². The summed E-state index contributed by atoms with van der Waals surface area (Å²) >= 11 is 0. The van der Waals surface area contributed by atoms with Gasteiger partial charge in [-0.3, -0.25) is 4.79 Å². The predicted octanol–water partition coefficient (Wildman–Crippen LogP) is 2.38. The maximum atomic E-state index is 12.8. The zero-order valence-corrected chi connectivity index (χ0v) is 12.5. The van der Waals surface area contributed by atoms with Crippen LogP contribution in [0.3, 0.4) is 0 Å². The molecule has 0 N–H and O–H groups in total. The third-order valence-corrected chi connectivity index (χ3v) is 3.05. The second-order valence-corrected chi connectivity index (χ2v) is 4.62. The number of likely N-dealkylation sites (N-methyl/N-ethyl adjacent to an activating group) is 1. The van der Waals surface area contributed by atoms with Crippen molar-refractivity contribution in [2.45, 2.75) is 0 Å². The number of methoxy groups -OCH3 is 1. The van der Waals surface area contributed by atoms with Crippen LogP contribution in [0.5, 0.6) is 11.6 Å². The number of aromatic nitrogens is 1. The zero-order chi connectivity index (χ0) is 15.9. The lowest BCUT2D eigenvalue weighted by Gasteiger charge is -2.17. The summed E-state index contributed by atoms with van der Waals surface area (Å²) in [4.78, 5) is 17.7. The van der Waals surface area contributed by atoms with E-state index < -0.39 is 0 Å². The number of hydrogen-bond acceptors (Lipinski definition) is 4. The van der Waals surface area contributed by atoms with Crippen LogP contribution in [0.2, 0.25) is 0 Å². The molecular formula is C16H17FN2O3. The molecule has 116 valence electrons. The molecule has 0 unspecified atom stereocenters. The summed E-state index contributed by atoms with van der Waals surface area (Å²) in [7, 11) is 3.20. The number of pyridine rings is 1. The summed E-state index contributed by atoms with van der Waals surface area (Å²) in [6.45, 7) is 0.722. The van der Waals surface area contributed by atoms with E-state index in [2.05, 4.69) is 4.98 Å². The van der Waals surface area contributed by atoms with Crippen molar-refractivity contribution in [1.29, 1.82) is 0 Å². The SMILES string of the molecule is COc1ccc(C(=O)N(C)CCOc2ccc(F)cc2)cn1. The van der Waals surface area contributed by atoms with Crippen LogP contribution in [0.15, 0.2) is 42.6 Å². The number of ether oxygens (including phenoxy) is 2. The topological polar surface area (TPSA) is 51.7 Å². The molecule has 0 saturated carbocycles. The largest absolute Gasteiger partial charge is 0.492 e. The molecule has 2 aromatic rings. The van der Waals surface area contributed by atoms with Gasteiger partial charge in [0.05, 0.1) is 19.2 Å². The minimum Gasteiger partial charge on any atom is -0.492 e. The van der Waals surface area contributed by atoms with E-state index in [1.807, 2.05) is 0 Å². The molecule has 0 radical (unpaired) electrons. The Bertz CT molecular complexity index is 614. The van der Waals surface area contributed by atoms with Crippen LogP contribution < -0.4 is 9.47 Å². The fourth-order valence-electron chi connectivity index (χ4n) is 1.78. The van der Waals surface area contributed by atoms with Crippen molar-refractivity contribution in [2.24, 2.45) is 0 Å². The van der Waals surface area contributed by atoms with Crippen LogP contribution in [0.1, 0.15) is 10.4 Å². The molecule has 1 aromatic carbocycles. The first-order valence-corrected chi connectivity index (χ1v) is 6.74. The molecule has 2 rings (SSSR count). The first-order valence-electron chi connectivity index (χ1n) is 6.74. The molecule has 0 aliphatic heterocycles. The first kappa shape index (κ1) is 15.8. The van der Waals surface area contributed by atoms with Gasteiger partial charge in [-0.25, -0.2) is 9.37 Å². The Morgan fingerprint density at radius 2 is 1.95 bits per heavy atom. The van der Waals surface area contributed by atoms with E-state index in [0.717, 1.165) is 0 Å². The molecule has 0 bridgehead atoms. The number of amides is 1. The first-order chi connectivity index (χ1) is 10.6. The highest BCUT2D eigenvalue weighted by Gasteiger charge is 2.12. The lowest BCUT2D eigenvalue weighted by Crippen LogP contribution is -2.30. The van der Waals surface area contributed by atoms with E-state index in [1.165, 1.54) is 30.3 Å². The highest BCUT2D eigenvalue weighted by Crippen LogP contribution is 2.11. The van der Waals surface area contributed by atoms with Crippen molar-refractivity contribution in [3.63, 3.8) is 0 Å². The third kappa shape index (κ3) is 4.18. The van der Waals surface area contributed by atoms with E-state index in [0.29, 0.717) is 30.3 Å². The molecule has 1 heterocycles. The van der Waals surface area contributed by atoms with Gasteiger partial charge in [0.15, 0.2) is 0 Å². The van der Waals surface area contributed by atoms with Gasteiger partial charge in [-0.05, 0) is 30.3 Å². The monoisotopic (exact) mass is 304 g/mol. The number of nitrogens with zero attached hydrogens (tertiary/aromatic N) is 2. The fraction of sp³-hybridized carbons (Fsp3) is 0.250. The quantitative estimate of drug-likeness (QED) is 0.822. The maximum absolute atomic E-state index is 12.8. The lowest BCUT2D eigenvalue weighted by atomic mass is 10.2. The minimum absolute atomic E-state index is 0.155. The lowest BCUT2D eigenvalue weighted by molar-refractivity contribution is 0.0773. The van der Waals surface area contributed by atoms with E-state index >= 15 is 0 Å². The zero-order valence-electron chi connectivity index (χ0n) is 12.5. The summed E-state index contributed by atoms with van der Waals surface area (Å²) in [6.07, 6.45) is 1.47. The summed E-state index contributed by atoms with van der Waals surface area (Å²) in [5.41, 5.74) is 0.477. The van der Waals surface area contributed by atoms with E-state index in [-0.39, 0.29) is 11.7 Å². The van der Waals surface area contributed by atoms with Gasteiger partial charge in [0.1, 0.15) is 18.2 Å². The number of benzene rings is 1. The van der Waals surface area contributed by atoms with Gasteiger partial charge in [0.25, 0.3) is 5.91 Å². The van der Waals surface area contributed by atoms with Crippen molar-refractivity contribution >= 4 is 5.91 Å². The standard InChI is InChI=1S/C16H17FN2O3/c1-19(9-10-22-14-6-4-13(17)5-7-14)16(20)12-3-8-15(21-2)18-11-12/h3-8,11H,9-10H2,1-2H3. The predicted molar refractivity (Wildman–Crippen MR) is 79.6 cm³/mol. The van der Waals surface area contributed by atoms with E-state index in [9.17, 15) is 9.18 Å². The third-order valence-electron chi connectivity index (χ3n) is 3.05. The highest BCUT2D eigenvalue weighted by atomic mass is 19.1. The number of halogens is 1. The number of hydrogen-bond donors (Lipinski definition) is 0. The van der Waals surface area contributed by atoms with Crippen molar-refractivity contribution in [1.82, 2.24) is 9.88 Å². The Hall–Kier alpha value is -2.63. The molecule has 0 fully saturated rings. The van der Waals surface area contributed by atoms with Crippen LogP contribution in [-0.4, -0.2) is 43.1 Å². The van der Waals surface area contributed by atoms with Gasteiger partial charge >= 0.3 is 0 Å². The summed E-state index contributed by atoms with van der Waals surface area (Å²) in [5, 5.41) is 0. The Balaban J connectivity index is 1.84. The molecule has 0 spiro atoms. The van der Waals surface area contributed by atoms with Crippen LogP contribution in [0, 0.1) is 5.82 Å². The minimum atomic E-state index is -0.313. The number of carbonyl (C=O) groups excluding carboxylic acids is 1. The van der Waals surface area contributed by atoms with Crippen LogP contribution in [0.25, 0.3) is 0 Å². The second-order valence-electron chi connectivity index (χ2n) is 4.62. The molecule has 1 amide bonds. The summed E-state index contributed by atoms with van der Waals surface area (Å²) < 4.78 is 23.2. The van der Waals surface area contributed by atoms with Gasteiger partial charge < -0.3 is 14.4 Å². The Labute approximate surface area is 128 Å². The molecule has 22 heavy (non-hydrogen) atoms. The second kappa shape index (κ2) is 7.40. The van der Waals surface area contributed by atoms with Gasteiger partial charge in [0.2, 0.25) is 5.88 Å². The smallest absolute Gasteiger partial charge is 0.255 e. The van der Waals surface area contributed by atoms with Crippen LogP contribution >= 0.6 is 0 Å². The normalized spacial score (nSPS) is 10.1. The summed E-state index contributed by atoms with van der Waals surface area (Å²) in [6, 6.07) is 9.04. The molecule has 1 aromatic heterocycles. The average Bonchev–Trinajstić information content (AvgIpc) is 2.56. The van der Waals surface area contributed by atoms with Gasteiger partial charge in [0, 0.05) is 19.3 Å². The Kier molecular flexibility index (Phi) is 5.30. The van der Waals surface area contributed by atoms with Crippen molar-refractivity contribution < 1.29 is 18.7 Å². The fourth-order valence-corrected chi connectivity index (χ4v) is 1.78. The Morgan fingerprint density at radius 3 is 2.55 bits per heavy atom.